The number of phenolic OH excluding ortho intramolecular Hbond substituents is 1. The second kappa shape index (κ2) is 5.97. The normalized spacial score (nSPS) is 10.5. The third kappa shape index (κ3) is 2.69. The van der Waals surface area contributed by atoms with E-state index in [0.717, 1.165) is 11.1 Å². The van der Waals surface area contributed by atoms with Gasteiger partial charge in [-0.2, -0.15) is 0 Å². The first kappa shape index (κ1) is 14.9. The largest absolute Gasteiger partial charge is 0.507 e. The van der Waals surface area contributed by atoms with Crippen molar-refractivity contribution in [3.63, 3.8) is 0 Å². The first-order valence-electron chi connectivity index (χ1n) is 7.30. The first-order valence-corrected chi connectivity index (χ1v) is 7.30. The van der Waals surface area contributed by atoms with E-state index in [4.69, 9.17) is 0 Å². The number of rotatable bonds is 3. The smallest absolute Gasteiger partial charge is 0.336 e. The van der Waals surface area contributed by atoms with Crippen molar-refractivity contribution >= 4 is 5.97 Å². The molecule has 0 heterocycles. The third-order valence-electron chi connectivity index (χ3n) is 3.94. The Balaban J connectivity index is 2.35. The van der Waals surface area contributed by atoms with Crippen molar-refractivity contribution in [2.45, 2.75) is 6.92 Å². The molecule has 0 radical (unpaired) electrons. The van der Waals surface area contributed by atoms with E-state index in [1.807, 2.05) is 60.7 Å². The van der Waals surface area contributed by atoms with Gasteiger partial charge in [0.1, 0.15) is 5.75 Å². The van der Waals surface area contributed by atoms with Crippen LogP contribution < -0.4 is 0 Å². The molecule has 0 atom stereocenters. The van der Waals surface area contributed by atoms with Crippen LogP contribution in [0.2, 0.25) is 0 Å². The van der Waals surface area contributed by atoms with Gasteiger partial charge in [-0.1, -0.05) is 60.7 Å². The van der Waals surface area contributed by atoms with Crippen molar-refractivity contribution in [2.75, 3.05) is 0 Å². The van der Waals surface area contributed by atoms with Gasteiger partial charge in [-0.05, 0) is 29.7 Å². The standard InChI is InChI=1S/C20H16O3/c1-13-16(20(22)23)12-17(14-8-4-2-5-9-14)19(21)18(13)15-10-6-3-7-11-15/h2-12,21H,1H3,(H,22,23). The fraction of sp³-hybridized carbons (Fsp3) is 0.0500. The predicted molar refractivity (Wildman–Crippen MR) is 90.7 cm³/mol. The summed E-state index contributed by atoms with van der Waals surface area (Å²) in [5.41, 5.74) is 3.41. The van der Waals surface area contributed by atoms with Crippen LogP contribution in [-0.4, -0.2) is 16.2 Å². The highest BCUT2D eigenvalue weighted by Crippen LogP contribution is 2.41. The number of benzene rings is 3. The molecule has 114 valence electrons. The average molecular weight is 304 g/mol. The average Bonchev–Trinajstić information content (AvgIpc) is 2.56. The number of carbonyl (C=O) groups is 1. The fourth-order valence-corrected chi connectivity index (χ4v) is 2.79. The Morgan fingerprint density at radius 3 is 1.91 bits per heavy atom. The van der Waals surface area contributed by atoms with Crippen molar-refractivity contribution in [2.24, 2.45) is 0 Å². The van der Waals surface area contributed by atoms with E-state index in [9.17, 15) is 15.0 Å². The van der Waals surface area contributed by atoms with Gasteiger partial charge in [0.2, 0.25) is 0 Å². The van der Waals surface area contributed by atoms with E-state index >= 15 is 0 Å². The lowest BCUT2D eigenvalue weighted by atomic mass is 9.90. The maximum absolute atomic E-state index is 11.6. The van der Waals surface area contributed by atoms with E-state index < -0.39 is 5.97 Å². The van der Waals surface area contributed by atoms with Gasteiger partial charge in [-0.25, -0.2) is 4.79 Å². The molecule has 3 nitrogen and oxygen atoms in total. The summed E-state index contributed by atoms with van der Waals surface area (Å²) in [7, 11) is 0. The lowest BCUT2D eigenvalue weighted by molar-refractivity contribution is 0.0696. The molecule has 3 rings (SSSR count). The Morgan fingerprint density at radius 1 is 0.870 bits per heavy atom. The monoisotopic (exact) mass is 304 g/mol. The van der Waals surface area contributed by atoms with Crippen LogP contribution >= 0.6 is 0 Å². The van der Waals surface area contributed by atoms with Crippen LogP contribution in [0.3, 0.4) is 0 Å². The van der Waals surface area contributed by atoms with Gasteiger partial charge in [-0.15, -0.1) is 0 Å². The number of phenols is 1. The van der Waals surface area contributed by atoms with Crippen molar-refractivity contribution < 1.29 is 15.0 Å². The van der Waals surface area contributed by atoms with Crippen LogP contribution in [0, 0.1) is 6.92 Å². The number of carboxylic acid groups (broad SMARTS) is 1. The Bertz CT molecular complexity index is 853. The summed E-state index contributed by atoms with van der Waals surface area (Å²) in [6.45, 7) is 1.72. The molecular formula is C20H16O3. The second-order valence-electron chi connectivity index (χ2n) is 5.36. The lowest BCUT2D eigenvalue weighted by Gasteiger charge is -2.16. The zero-order chi connectivity index (χ0) is 16.4. The highest BCUT2D eigenvalue weighted by molar-refractivity contribution is 5.97. The second-order valence-corrected chi connectivity index (χ2v) is 5.36. The van der Waals surface area contributed by atoms with Gasteiger partial charge in [0.15, 0.2) is 0 Å². The highest BCUT2D eigenvalue weighted by atomic mass is 16.4. The molecule has 0 spiro atoms. The highest BCUT2D eigenvalue weighted by Gasteiger charge is 2.20. The molecule has 3 aromatic carbocycles. The Labute approximate surface area is 134 Å². The minimum absolute atomic E-state index is 0.102. The van der Waals surface area contributed by atoms with Gasteiger partial charge in [0.25, 0.3) is 0 Å². The number of hydrogen-bond donors (Lipinski definition) is 2. The molecule has 3 aromatic rings. The first-order chi connectivity index (χ1) is 11.1. The Kier molecular flexibility index (Phi) is 3.85. The van der Waals surface area contributed by atoms with E-state index in [-0.39, 0.29) is 11.3 Å². The maximum Gasteiger partial charge on any atom is 0.336 e. The summed E-state index contributed by atoms with van der Waals surface area (Å²) in [6.07, 6.45) is 0. The van der Waals surface area contributed by atoms with Crippen molar-refractivity contribution in [3.05, 3.63) is 77.9 Å². The van der Waals surface area contributed by atoms with Crippen LogP contribution in [-0.2, 0) is 0 Å². The van der Waals surface area contributed by atoms with E-state index in [1.165, 1.54) is 6.07 Å². The quantitative estimate of drug-likeness (QED) is 0.735. The molecule has 0 aliphatic carbocycles. The zero-order valence-electron chi connectivity index (χ0n) is 12.7. The summed E-state index contributed by atoms with van der Waals surface area (Å²) in [4.78, 5) is 11.6. The fourth-order valence-electron chi connectivity index (χ4n) is 2.79. The van der Waals surface area contributed by atoms with Gasteiger partial charge in [0, 0.05) is 11.1 Å². The molecule has 0 aliphatic rings. The van der Waals surface area contributed by atoms with Crippen LogP contribution in [0.5, 0.6) is 5.75 Å². The molecular weight excluding hydrogens is 288 g/mol. The minimum atomic E-state index is -1.00. The third-order valence-corrected chi connectivity index (χ3v) is 3.94. The van der Waals surface area contributed by atoms with E-state index in [1.54, 1.807) is 6.92 Å². The van der Waals surface area contributed by atoms with Crippen molar-refractivity contribution in [1.82, 2.24) is 0 Å². The lowest BCUT2D eigenvalue weighted by Crippen LogP contribution is -2.02. The van der Waals surface area contributed by atoms with Gasteiger partial charge in [0.05, 0.1) is 5.56 Å². The SMILES string of the molecule is Cc1c(C(=O)O)cc(-c2ccccc2)c(O)c1-c1ccccc1. The zero-order valence-corrected chi connectivity index (χ0v) is 12.7. The van der Waals surface area contributed by atoms with Gasteiger partial charge < -0.3 is 10.2 Å². The minimum Gasteiger partial charge on any atom is -0.507 e. The summed E-state index contributed by atoms with van der Waals surface area (Å²) in [5.74, 6) is -0.901. The molecule has 0 aliphatic heterocycles. The van der Waals surface area contributed by atoms with Crippen molar-refractivity contribution in [1.29, 1.82) is 0 Å². The molecule has 0 bridgehead atoms. The van der Waals surface area contributed by atoms with Crippen LogP contribution in [0.4, 0.5) is 0 Å². The van der Waals surface area contributed by atoms with E-state index in [0.29, 0.717) is 16.7 Å². The summed E-state index contributed by atoms with van der Waals surface area (Å²) >= 11 is 0. The molecule has 3 heteroatoms. The molecule has 0 aromatic heterocycles. The van der Waals surface area contributed by atoms with Gasteiger partial charge >= 0.3 is 5.97 Å². The molecule has 23 heavy (non-hydrogen) atoms. The molecule has 0 unspecified atom stereocenters. The summed E-state index contributed by atoms with van der Waals surface area (Å²) in [5, 5.41) is 20.3. The molecule has 0 saturated heterocycles. The molecule has 0 fully saturated rings. The predicted octanol–water partition coefficient (Wildman–Crippen LogP) is 4.73. The van der Waals surface area contributed by atoms with Crippen LogP contribution in [0.15, 0.2) is 66.7 Å². The summed E-state index contributed by atoms with van der Waals surface area (Å²) < 4.78 is 0. The van der Waals surface area contributed by atoms with Crippen molar-refractivity contribution in [3.8, 4) is 28.0 Å². The number of carboxylic acids is 1. The number of aromatic hydroxyl groups is 1. The Hall–Kier alpha value is -3.07. The molecule has 0 amide bonds. The number of aromatic carboxylic acids is 1. The maximum atomic E-state index is 11.6. The topological polar surface area (TPSA) is 57.5 Å². The van der Waals surface area contributed by atoms with Crippen LogP contribution in [0.25, 0.3) is 22.3 Å². The van der Waals surface area contributed by atoms with Gasteiger partial charge in [-0.3, -0.25) is 0 Å². The molecule has 2 N–H and O–H groups in total. The van der Waals surface area contributed by atoms with Crippen LogP contribution in [0.1, 0.15) is 15.9 Å². The number of hydrogen-bond acceptors (Lipinski definition) is 2. The summed E-state index contributed by atoms with van der Waals surface area (Å²) in [6, 6.07) is 20.2. The molecule has 0 saturated carbocycles. The Morgan fingerprint density at radius 2 is 1.39 bits per heavy atom. The van der Waals surface area contributed by atoms with E-state index in [2.05, 4.69) is 0 Å².